The van der Waals surface area contributed by atoms with Crippen LogP contribution in [0.15, 0.2) is 12.1 Å². The van der Waals surface area contributed by atoms with Crippen LogP contribution in [0.3, 0.4) is 0 Å². The van der Waals surface area contributed by atoms with Crippen molar-refractivity contribution < 1.29 is 9.47 Å². The Labute approximate surface area is 96.0 Å². The van der Waals surface area contributed by atoms with Crippen LogP contribution in [0.4, 0.5) is 0 Å². The molecule has 0 fully saturated rings. The molecule has 1 atom stereocenters. The lowest BCUT2D eigenvalue weighted by molar-refractivity contribution is 0.385. The first-order chi connectivity index (χ1) is 7.15. The van der Waals surface area contributed by atoms with E-state index in [4.69, 9.17) is 15.2 Å². The summed E-state index contributed by atoms with van der Waals surface area (Å²) >= 11 is 4.41. The average Bonchev–Trinajstić information content (AvgIpc) is 2.27. The maximum Gasteiger partial charge on any atom is 0.129 e. The van der Waals surface area contributed by atoms with Crippen molar-refractivity contribution >= 4 is 12.6 Å². The number of nitrogens with two attached hydrogens (primary N) is 1. The van der Waals surface area contributed by atoms with E-state index in [9.17, 15) is 0 Å². The molecule has 84 valence electrons. The number of hydrogen-bond acceptors (Lipinski definition) is 4. The minimum atomic E-state index is -0.00967. The third kappa shape index (κ3) is 2.38. The topological polar surface area (TPSA) is 44.5 Å². The minimum Gasteiger partial charge on any atom is -0.496 e. The number of methoxy groups -OCH3 is 2. The Hall–Kier alpha value is -0.870. The lowest BCUT2D eigenvalue weighted by Crippen LogP contribution is -2.09. The summed E-state index contributed by atoms with van der Waals surface area (Å²) in [5.74, 6) is 1.62. The van der Waals surface area contributed by atoms with Gasteiger partial charge in [-0.05, 0) is 13.0 Å². The van der Waals surface area contributed by atoms with Crippen LogP contribution in [0.2, 0.25) is 0 Å². The summed E-state index contributed by atoms with van der Waals surface area (Å²) in [6.07, 6.45) is 0. The molecule has 1 unspecified atom stereocenters. The summed E-state index contributed by atoms with van der Waals surface area (Å²) in [6.45, 7) is 2.43. The van der Waals surface area contributed by atoms with Crippen LogP contribution >= 0.6 is 12.6 Å². The predicted molar refractivity (Wildman–Crippen MR) is 65.1 cm³/mol. The Bertz CT molecular complexity index is 342. The molecule has 2 N–H and O–H groups in total. The fourth-order valence-electron chi connectivity index (χ4n) is 1.58. The van der Waals surface area contributed by atoms with Crippen molar-refractivity contribution in [1.82, 2.24) is 0 Å². The molecule has 0 heterocycles. The van der Waals surface area contributed by atoms with E-state index in [0.29, 0.717) is 6.54 Å². The van der Waals surface area contributed by atoms with Gasteiger partial charge in [0.1, 0.15) is 11.5 Å². The van der Waals surface area contributed by atoms with Gasteiger partial charge in [0.15, 0.2) is 0 Å². The lowest BCUT2D eigenvalue weighted by atomic mass is 10.1. The van der Waals surface area contributed by atoms with Gasteiger partial charge in [0.2, 0.25) is 0 Å². The zero-order chi connectivity index (χ0) is 11.4. The maximum absolute atomic E-state index is 5.59. The molecular formula is C11H17NO2S. The maximum atomic E-state index is 5.59. The molecule has 4 heteroatoms. The number of thiol groups is 1. The predicted octanol–water partition coefficient (Wildman–Crippen LogP) is 1.94. The average molecular weight is 227 g/mol. The highest BCUT2D eigenvalue weighted by Gasteiger charge is 2.15. The van der Waals surface area contributed by atoms with Gasteiger partial charge in [-0.15, -0.1) is 0 Å². The first-order valence-corrected chi connectivity index (χ1v) is 5.27. The van der Waals surface area contributed by atoms with Gasteiger partial charge in [0.25, 0.3) is 0 Å². The van der Waals surface area contributed by atoms with E-state index in [0.717, 1.165) is 22.6 Å². The Morgan fingerprint density at radius 2 is 2.00 bits per heavy atom. The summed E-state index contributed by atoms with van der Waals surface area (Å²) in [6, 6.07) is 3.85. The van der Waals surface area contributed by atoms with Crippen molar-refractivity contribution in [3.8, 4) is 11.5 Å². The molecule has 1 aromatic rings. The zero-order valence-electron chi connectivity index (χ0n) is 9.28. The van der Waals surface area contributed by atoms with Gasteiger partial charge >= 0.3 is 0 Å². The number of benzene rings is 1. The zero-order valence-corrected chi connectivity index (χ0v) is 10.2. The minimum absolute atomic E-state index is 0.00967. The summed E-state index contributed by atoms with van der Waals surface area (Å²) in [7, 11) is 3.28. The number of ether oxygens (including phenoxy) is 2. The highest BCUT2D eigenvalue weighted by atomic mass is 32.1. The van der Waals surface area contributed by atoms with E-state index < -0.39 is 0 Å². The van der Waals surface area contributed by atoms with Gasteiger partial charge in [0, 0.05) is 22.9 Å². The molecule has 0 radical (unpaired) electrons. The first-order valence-electron chi connectivity index (χ1n) is 4.75. The van der Waals surface area contributed by atoms with Crippen LogP contribution < -0.4 is 15.2 Å². The molecule has 0 saturated carbocycles. The number of rotatable bonds is 4. The molecule has 0 aromatic heterocycles. The van der Waals surface area contributed by atoms with Crippen LogP contribution in [0.25, 0.3) is 0 Å². The largest absolute Gasteiger partial charge is 0.496 e. The van der Waals surface area contributed by atoms with Crippen molar-refractivity contribution in [2.45, 2.75) is 12.2 Å². The van der Waals surface area contributed by atoms with Crippen LogP contribution in [0.5, 0.6) is 11.5 Å². The second kappa shape index (κ2) is 5.28. The molecule has 0 aliphatic rings. The van der Waals surface area contributed by atoms with Gasteiger partial charge in [-0.3, -0.25) is 0 Å². The third-order valence-corrected chi connectivity index (χ3v) is 2.88. The monoisotopic (exact) mass is 227 g/mol. The normalized spacial score (nSPS) is 12.3. The Morgan fingerprint density at radius 3 is 2.47 bits per heavy atom. The smallest absolute Gasteiger partial charge is 0.129 e. The summed E-state index contributed by atoms with van der Waals surface area (Å²) in [4.78, 5) is 0. The fourth-order valence-corrected chi connectivity index (χ4v) is 1.78. The molecular weight excluding hydrogens is 210 g/mol. The van der Waals surface area contributed by atoms with Crippen molar-refractivity contribution in [2.24, 2.45) is 5.73 Å². The Morgan fingerprint density at radius 1 is 1.33 bits per heavy atom. The summed E-state index contributed by atoms with van der Waals surface area (Å²) < 4.78 is 10.6. The third-order valence-electron chi connectivity index (χ3n) is 2.39. The molecule has 1 aromatic carbocycles. The molecule has 0 aliphatic carbocycles. The second-order valence-corrected chi connectivity index (χ2v) is 3.89. The molecule has 0 amide bonds. The van der Waals surface area contributed by atoms with E-state index >= 15 is 0 Å². The highest BCUT2D eigenvalue weighted by Crippen LogP contribution is 2.36. The summed E-state index contributed by atoms with van der Waals surface area (Å²) in [5, 5.41) is -0.00967. The van der Waals surface area contributed by atoms with Crippen molar-refractivity contribution in [1.29, 1.82) is 0 Å². The van der Waals surface area contributed by atoms with Gasteiger partial charge < -0.3 is 15.2 Å². The Balaban J connectivity index is 3.24. The standard InChI is InChI=1S/C11H17NO2S/c1-7-9(13-2)5-4-8(10(15)6-12)11(7)14-3/h4-5,10,15H,6,12H2,1-3H3. The van der Waals surface area contributed by atoms with Crippen LogP contribution in [-0.4, -0.2) is 20.8 Å². The SMILES string of the molecule is COc1ccc(C(S)CN)c(OC)c1C. The molecule has 15 heavy (non-hydrogen) atoms. The fraction of sp³-hybridized carbons (Fsp3) is 0.455. The summed E-state index contributed by atoms with van der Waals surface area (Å²) in [5.41, 5.74) is 7.56. The quantitative estimate of drug-likeness (QED) is 0.773. The lowest BCUT2D eigenvalue weighted by Gasteiger charge is -2.17. The van der Waals surface area contributed by atoms with Gasteiger partial charge in [-0.25, -0.2) is 0 Å². The van der Waals surface area contributed by atoms with Gasteiger partial charge in [-0.2, -0.15) is 12.6 Å². The second-order valence-electron chi connectivity index (χ2n) is 3.27. The van der Waals surface area contributed by atoms with Gasteiger partial charge in [0.05, 0.1) is 14.2 Å². The molecule has 1 rings (SSSR count). The van der Waals surface area contributed by atoms with E-state index in [2.05, 4.69) is 12.6 Å². The molecule has 0 spiro atoms. The van der Waals surface area contributed by atoms with Crippen LogP contribution in [-0.2, 0) is 0 Å². The van der Waals surface area contributed by atoms with Crippen LogP contribution in [0, 0.1) is 6.92 Å². The van der Waals surface area contributed by atoms with E-state index in [-0.39, 0.29) is 5.25 Å². The van der Waals surface area contributed by atoms with E-state index in [1.54, 1.807) is 14.2 Å². The molecule has 3 nitrogen and oxygen atoms in total. The molecule has 0 aliphatic heterocycles. The van der Waals surface area contributed by atoms with Crippen molar-refractivity contribution in [3.63, 3.8) is 0 Å². The van der Waals surface area contributed by atoms with Gasteiger partial charge in [-0.1, -0.05) is 6.07 Å². The first kappa shape index (κ1) is 12.2. The molecule has 0 saturated heterocycles. The Kier molecular flexibility index (Phi) is 4.29. The van der Waals surface area contributed by atoms with Crippen LogP contribution in [0.1, 0.15) is 16.4 Å². The van der Waals surface area contributed by atoms with Crippen molar-refractivity contribution in [2.75, 3.05) is 20.8 Å². The van der Waals surface area contributed by atoms with Crippen molar-refractivity contribution in [3.05, 3.63) is 23.3 Å². The van der Waals surface area contributed by atoms with E-state index in [1.807, 2.05) is 19.1 Å². The molecule has 0 bridgehead atoms. The highest BCUT2D eigenvalue weighted by molar-refractivity contribution is 7.80. The van der Waals surface area contributed by atoms with E-state index in [1.165, 1.54) is 0 Å². The number of hydrogen-bond donors (Lipinski definition) is 2.